The molecule has 0 bridgehead atoms. The normalized spacial score (nSPS) is 34.0. The van der Waals surface area contributed by atoms with Gasteiger partial charge in [0.2, 0.25) is 0 Å². The standard InChI is InChI=1S/C19H38N2/c1-19(2,3)16-10-9-14-21(15-13-16)18-12-8-6-5-7-11-17(18)20-4/h16-18,20H,5-15H2,1-4H3. The molecule has 2 fully saturated rings. The van der Waals surface area contributed by atoms with Crippen LogP contribution in [0.1, 0.15) is 78.6 Å². The highest BCUT2D eigenvalue weighted by molar-refractivity contribution is 4.88. The Morgan fingerprint density at radius 2 is 1.52 bits per heavy atom. The van der Waals surface area contributed by atoms with E-state index >= 15 is 0 Å². The van der Waals surface area contributed by atoms with E-state index in [1.165, 1.54) is 70.9 Å². The van der Waals surface area contributed by atoms with E-state index in [4.69, 9.17) is 0 Å². The van der Waals surface area contributed by atoms with Crippen molar-refractivity contribution < 1.29 is 0 Å². The topological polar surface area (TPSA) is 15.3 Å². The Morgan fingerprint density at radius 1 is 0.810 bits per heavy atom. The van der Waals surface area contributed by atoms with E-state index in [1.54, 1.807) is 0 Å². The van der Waals surface area contributed by atoms with Crippen LogP contribution in [-0.2, 0) is 0 Å². The van der Waals surface area contributed by atoms with Gasteiger partial charge in [-0.05, 0) is 63.6 Å². The monoisotopic (exact) mass is 294 g/mol. The van der Waals surface area contributed by atoms with Crippen LogP contribution in [0, 0.1) is 11.3 Å². The summed E-state index contributed by atoms with van der Waals surface area (Å²) in [6.07, 6.45) is 12.7. The molecule has 2 heteroatoms. The van der Waals surface area contributed by atoms with Crippen LogP contribution in [-0.4, -0.2) is 37.1 Å². The van der Waals surface area contributed by atoms with Gasteiger partial charge in [-0.2, -0.15) is 0 Å². The van der Waals surface area contributed by atoms with Gasteiger partial charge in [-0.25, -0.2) is 0 Å². The van der Waals surface area contributed by atoms with Gasteiger partial charge >= 0.3 is 0 Å². The largest absolute Gasteiger partial charge is 0.315 e. The number of nitrogens with one attached hydrogen (secondary N) is 1. The third kappa shape index (κ3) is 4.96. The van der Waals surface area contributed by atoms with Crippen molar-refractivity contribution in [2.24, 2.45) is 11.3 Å². The first-order valence-electron chi connectivity index (χ1n) is 9.43. The first kappa shape index (κ1) is 17.3. The second-order valence-corrected chi connectivity index (χ2v) is 8.48. The molecule has 124 valence electrons. The van der Waals surface area contributed by atoms with Gasteiger partial charge in [0.15, 0.2) is 0 Å². The SMILES string of the molecule is CNC1CCCCCCC1N1CCCC(C(C)(C)C)CC1. The molecule has 1 aliphatic heterocycles. The molecular formula is C19H38N2. The van der Waals surface area contributed by atoms with Crippen molar-refractivity contribution in [2.75, 3.05) is 20.1 Å². The van der Waals surface area contributed by atoms with Gasteiger partial charge in [-0.15, -0.1) is 0 Å². The van der Waals surface area contributed by atoms with Gasteiger partial charge in [-0.1, -0.05) is 46.5 Å². The highest BCUT2D eigenvalue weighted by Crippen LogP contribution is 2.35. The van der Waals surface area contributed by atoms with Crippen LogP contribution in [0.25, 0.3) is 0 Å². The van der Waals surface area contributed by atoms with Crippen molar-refractivity contribution in [1.29, 1.82) is 0 Å². The molecule has 1 aliphatic carbocycles. The number of likely N-dealkylation sites (N-methyl/N-ethyl adjacent to an activating group) is 1. The molecule has 1 saturated heterocycles. The van der Waals surface area contributed by atoms with Crippen LogP contribution in [0.15, 0.2) is 0 Å². The van der Waals surface area contributed by atoms with Crippen LogP contribution in [0.4, 0.5) is 0 Å². The van der Waals surface area contributed by atoms with E-state index in [0.717, 1.165) is 18.0 Å². The van der Waals surface area contributed by atoms with E-state index in [2.05, 4.69) is 38.0 Å². The predicted molar refractivity (Wildman–Crippen MR) is 92.7 cm³/mol. The van der Waals surface area contributed by atoms with Crippen LogP contribution in [0.3, 0.4) is 0 Å². The average Bonchev–Trinajstić information content (AvgIpc) is 2.64. The van der Waals surface area contributed by atoms with Gasteiger partial charge in [-0.3, -0.25) is 4.90 Å². The molecule has 2 rings (SSSR count). The van der Waals surface area contributed by atoms with Gasteiger partial charge in [0.25, 0.3) is 0 Å². The van der Waals surface area contributed by atoms with E-state index in [0.29, 0.717) is 5.41 Å². The van der Waals surface area contributed by atoms with Crippen molar-refractivity contribution in [3.63, 3.8) is 0 Å². The highest BCUT2D eigenvalue weighted by atomic mass is 15.2. The molecule has 1 saturated carbocycles. The zero-order valence-corrected chi connectivity index (χ0v) is 15.0. The summed E-state index contributed by atoms with van der Waals surface area (Å²) in [7, 11) is 2.18. The van der Waals surface area contributed by atoms with Crippen molar-refractivity contribution in [2.45, 2.75) is 90.6 Å². The molecular weight excluding hydrogens is 256 g/mol. The lowest BCUT2D eigenvalue weighted by Gasteiger charge is -2.38. The predicted octanol–water partition coefficient (Wildman–Crippen LogP) is 4.45. The van der Waals surface area contributed by atoms with Gasteiger partial charge < -0.3 is 5.32 Å². The fourth-order valence-corrected chi connectivity index (χ4v) is 4.55. The van der Waals surface area contributed by atoms with Crippen LogP contribution in [0.5, 0.6) is 0 Å². The fourth-order valence-electron chi connectivity index (χ4n) is 4.55. The zero-order chi connectivity index (χ0) is 15.3. The number of nitrogens with zero attached hydrogens (tertiary/aromatic N) is 1. The minimum absolute atomic E-state index is 0.485. The van der Waals surface area contributed by atoms with Gasteiger partial charge in [0, 0.05) is 12.1 Å². The van der Waals surface area contributed by atoms with Gasteiger partial charge in [0.05, 0.1) is 0 Å². The summed E-state index contributed by atoms with van der Waals surface area (Å²) in [5, 5.41) is 3.64. The summed E-state index contributed by atoms with van der Waals surface area (Å²) >= 11 is 0. The molecule has 2 aliphatic rings. The van der Waals surface area contributed by atoms with Crippen LogP contribution in [0.2, 0.25) is 0 Å². The summed E-state index contributed by atoms with van der Waals surface area (Å²) < 4.78 is 0. The quantitative estimate of drug-likeness (QED) is 0.809. The number of hydrogen-bond acceptors (Lipinski definition) is 2. The van der Waals surface area contributed by atoms with E-state index < -0.39 is 0 Å². The fraction of sp³-hybridized carbons (Fsp3) is 1.00. The Labute approximate surface area is 133 Å². The molecule has 3 atom stereocenters. The number of rotatable bonds is 2. The summed E-state index contributed by atoms with van der Waals surface area (Å²) in [5.41, 5.74) is 0.485. The average molecular weight is 295 g/mol. The first-order valence-corrected chi connectivity index (χ1v) is 9.43. The molecule has 0 radical (unpaired) electrons. The van der Waals surface area contributed by atoms with E-state index in [-0.39, 0.29) is 0 Å². The smallest absolute Gasteiger partial charge is 0.0249 e. The molecule has 21 heavy (non-hydrogen) atoms. The lowest BCUT2D eigenvalue weighted by Crippen LogP contribution is -2.50. The first-order chi connectivity index (χ1) is 10.0. The number of likely N-dealkylation sites (tertiary alicyclic amines) is 1. The van der Waals surface area contributed by atoms with Crippen LogP contribution >= 0.6 is 0 Å². The lowest BCUT2D eigenvalue weighted by molar-refractivity contribution is 0.134. The third-order valence-electron chi connectivity index (χ3n) is 6.06. The van der Waals surface area contributed by atoms with Crippen molar-refractivity contribution in [3.8, 4) is 0 Å². The minimum Gasteiger partial charge on any atom is -0.315 e. The van der Waals surface area contributed by atoms with E-state index in [1.807, 2.05) is 0 Å². The number of hydrogen-bond donors (Lipinski definition) is 1. The second kappa shape index (κ2) is 7.97. The maximum atomic E-state index is 3.64. The molecule has 0 aromatic heterocycles. The maximum absolute atomic E-state index is 3.64. The molecule has 0 aromatic rings. The maximum Gasteiger partial charge on any atom is 0.0249 e. The minimum atomic E-state index is 0.485. The molecule has 1 heterocycles. The van der Waals surface area contributed by atoms with Crippen LogP contribution < -0.4 is 5.32 Å². The van der Waals surface area contributed by atoms with Crippen molar-refractivity contribution in [1.82, 2.24) is 10.2 Å². The lowest BCUT2D eigenvalue weighted by atomic mass is 9.77. The Morgan fingerprint density at radius 3 is 2.19 bits per heavy atom. The molecule has 0 amide bonds. The van der Waals surface area contributed by atoms with Gasteiger partial charge in [0.1, 0.15) is 0 Å². The Kier molecular flexibility index (Phi) is 6.55. The molecule has 2 nitrogen and oxygen atoms in total. The molecule has 3 unspecified atom stereocenters. The summed E-state index contributed by atoms with van der Waals surface area (Å²) in [6, 6.07) is 1.51. The van der Waals surface area contributed by atoms with Crippen molar-refractivity contribution >= 4 is 0 Å². The Balaban J connectivity index is 1.98. The highest BCUT2D eigenvalue weighted by Gasteiger charge is 2.32. The molecule has 1 N–H and O–H groups in total. The molecule has 0 aromatic carbocycles. The summed E-state index contributed by atoms with van der Waals surface area (Å²) in [4.78, 5) is 2.85. The Hall–Kier alpha value is -0.0800. The zero-order valence-electron chi connectivity index (χ0n) is 15.0. The summed E-state index contributed by atoms with van der Waals surface area (Å²) in [5.74, 6) is 0.907. The van der Waals surface area contributed by atoms with E-state index in [9.17, 15) is 0 Å². The van der Waals surface area contributed by atoms with Crippen molar-refractivity contribution in [3.05, 3.63) is 0 Å². The summed E-state index contributed by atoms with van der Waals surface area (Å²) in [6.45, 7) is 9.94. The molecule has 0 spiro atoms. The Bertz CT molecular complexity index is 294. The second-order valence-electron chi connectivity index (χ2n) is 8.48. The third-order valence-corrected chi connectivity index (χ3v) is 6.06.